The number of aromatic amines is 1. The van der Waals surface area contributed by atoms with Crippen LogP contribution in [-0.2, 0) is 17.7 Å². The van der Waals surface area contributed by atoms with Crippen molar-refractivity contribution in [3.8, 4) is 22.8 Å². The number of hydrogen-bond acceptors (Lipinski definition) is 5. The monoisotopic (exact) mass is 479 g/mol. The van der Waals surface area contributed by atoms with Crippen LogP contribution in [0.4, 0.5) is 4.79 Å². The van der Waals surface area contributed by atoms with Crippen molar-refractivity contribution in [2.75, 3.05) is 40.4 Å². The van der Waals surface area contributed by atoms with Crippen LogP contribution >= 0.6 is 0 Å². The van der Waals surface area contributed by atoms with Gasteiger partial charge in [0, 0.05) is 54.9 Å². The molecule has 1 saturated heterocycles. The Kier molecular flexibility index (Phi) is 7.26. The molecule has 0 bridgehead atoms. The van der Waals surface area contributed by atoms with Crippen LogP contribution < -0.4 is 9.47 Å². The predicted octanol–water partition coefficient (Wildman–Crippen LogP) is 5.47. The first kappa shape index (κ1) is 24.9. The molecule has 7 heteroatoms. The van der Waals surface area contributed by atoms with E-state index >= 15 is 0 Å². The minimum Gasteiger partial charge on any atom is -0.493 e. The fraction of sp³-hybridized carbons (Fsp3) is 0.464. The van der Waals surface area contributed by atoms with Gasteiger partial charge in [0.2, 0.25) is 0 Å². The number of methoxy groups -OCH3 is 2. The number of carbonyl (C=O) groups is 1. The molecule has 1 N–H and O–H groups in total. The first-order valence-electron chi connectivity index (χ1n) is 12.3. The van der Waals surface area contributed by atoms with E-state index in [1.165, 1.54) is 16.5 Å². The van der Waals surface area contributed by atoms with Crippen LogP contribution in [0.5, 0.6) is 11.5 Å². The molecule has 188 valence electrons. The second-order valence-electron chi connectivity index (χ2n) is 10.0. The number of carbonyl (C=O) groups excluding carboxylic acids is 1. The Labute approximate surface area is 208 Å². The highest BCUT2D eigenvalue weighted by Gasteiger charge is 2.26. The number of H-pyrrole nitrogens is 1. The number of amides is 1. The van der Waals surface area contributed by atoms with Gasteiger partial charge in [-0.25, -0.2) is 4.79 Å². The number of hydrogen-bond donors (Lipinski definition) is 1. The van der Waals surface area contributed by atoms with Crippen LogP contribution in [0, 0.1) is 0 Å². The molecule has 0 aliphatic carbocycles. The van der Waals surface area contributed by atoms with Gasteiger partial charge < -0.3 is 24.1 Å². The van der Waals surface area contributed by atoms with Crippen LogP contribution in [0.3, 0.4) is 0 Å². The van der Waals surface area contributed by atoms with E-state index < -0.39 is 5.60 Å². The van der Waals surface area contributed by atoms with E-state index in [9.17, 15) is 4.79 Å². The molecule has 1 amide bonds. The normalized spacial score (nSPS) is 14.9. The maximum atomic E-state index is 12.4. The molecular weight excluding hydrogens is 442 g/mol. The van der Waals surface area contributed by atoms with Crippen molar-refractivity contribution in [2.24, 2.45) is 0 Å². The Bertz CT molecular complexity index is 1190. The summed E-state index contributed by atoms with van der Waals surface area (Å²) in [5.74, 6) is 1.44. The molecule has 7 nitrogen and oxygen atoms in total. The molecule has 0 radical (unpaired) electrons. The first-order valence-corrected chi connectivity index (χ1v) is 12.3. The highest BCUT2D eigenvalue weighted by molar-refractivity contribution is 5.91. The van der Waals surface area contributed by atoms with Crippen molar-refractivity contribution >= 4 is 17.0 Å². The maximum absolute atomic E-state index is 12.4. The standard InChI is InChI=1S/C28H37N3O4/c1-7-21-22-16-19(18-30-12-14-31(15-13-30)27(32)35-28(2,3)4)8-10-23(22)29-26(21)20-9-11-24(33-5)25(17-20)34-6/h8-11,16-17,29H,7,12-15,18H2,1-6H3. The van der Waals surface area contributed by atoms with E-state index in [4.69, 9.17) is 14.2 Å². The third kappa shape index (κ3) is 5.56. The Morgan fingerprint density at radius 2 is 1.69 bits per heavy atom. The van der Waals surface area contributed by atoms with Crippen LogP contribution in [0.15, 0.2) is 36.4 Å². The summed E-state index contributed by atoms with van der Waals surface area (Å²) in [5, 5.41) is 1.25. The average molecular weight is 480 g/mol. The van der Waals surface area contributed by atoms with Gasteiger partial charge in [-0.1, -0.05) is 13.0 Å². The van der Waals surface area contributed by atoms with Gasteiger partial charge in [0.05, 0.1) is 14.2 Å². The molecule has 2 aromatic carbocycles. The number of fused-ring (bicyclic) bond motifs is 1. The zero-order valence-electron chi connectivity index (χ0n) is 21.7. The van der Waals surface area contributed by atoms with Gasteiger partial charge in [0.25, 0.3) is 0 Å². The summed E-state index contributed by atoms with van der Waals surface area (Å²) in [6.07, 6.45) is 0.697. The molecule has 1 aliphatic heterocycles. The van der Waals surface area contributed by atoms with Crippen molar-refractivity contribution in [2.45, 2.75) is 46.3 Å². The van der Waals surface area contributed by atoms with Gasteiger partial charge in [-0.15, -0.1) is 0 Å². The fourth-order valence-corrected chi connectivity index (χ4v) is 4.67. The maximum Gasteiger partial charge on any atom is 0.410 e. The lowest BCUT2D eigenvalue weighted by Gasteiger charge is -2.35. The molecule has 2 heterocycles. The van der Waals surface area contributed by atoms with Gasteiger partial charge in [-0.3, -0.25) is 4.90 Å². The van der Waals surface area contributed by atoms with Crippen LogP contribution in [-0.4, -0.2) is 66.9 Å². The summed E-state index contributed by atoms with van der Waals surface area (Å²) in [4.78, 5) is 20.2. The van der Waals surface area contributed by atoms with Crippen molar-refractivity contribution in [1.29, 1.82) is 0 Å². The number of ether oxygens (including phenoxy) is 3. The first-order chi connectivity index (χ1) is 16.7. The van der Waals surface area contributed by atoms with E-state index in [0.29, 0.717) is 13.1 Å². The number of benzene rings is 2. The lowest BCUT2D eigenvalue weighted by molar-refractivity contribution is 0.0139. The summed E-state index contributed by atoms with van der Waals surface area (Å²) in [5.41, 5.74) is 5.43. The van der Waals surface area contributed by atoms with Gasteiger partial charge in [-0.2, -0.15) is 0 Å². The van der Waals surface area contributed by atoms with Gasteiger partial charge in [-0.05, 0) is 68.7 Å². The molecule has 1 aliphatic rings. The molecule has 1 fully saturated rings. The van der Waals surface area contributed by atoms with E-state index in [0.717, 1.165) is 54.3 Å². The van der Waals surface area contributed by atoms with Crippen molar-refractivity contribution < 1.29 is 19.0 Å². The summed E-state index contributed by atoms with van der Waals surface area (Å²) in [6, 6.07) is 12.7. The number of rotatable bonds is 6. The van der Waals surface area contributed by atoms with Gasteiger partial charge in [0.1, 0.15) is 5.60 Å². The molecule has 4 rings (SSSR count). The topological polar surface area (TPSA) is 67.0 Å². The van der Waals surface area contributed by atoms with Gasteiger partial charge in [0.15, 0.2) is 11.5 Å². The fourth-order valence-electron chi connectivity index (χ4n) is 4.67. The Morgan fingerprint density at radius 3 is 2.31 bits per heavy atom. The number of aryl methyl sites for hydroxylation is 1. The molecular formula is C28H37N3O4. The second-order valence-corrected chi connectivity index (χ2v) is 10.0. The van der Waals surface area contributed by atoms with E-state index in [1.807, 2.05) is 37.8 Å². The lowest BCUT2D eigenvalue weighted by Crippen LogP contribution is -2.49. The molecule has 0 atom stereocenters. The summed E-state index contributed by atoms with van der Waals surface area (Å²) >= 11 is 0. The third-order valence-corrected chi connectivity index (χ3v) is 6.43. The van der Waals surface area contributed by atoms with Crippen molar-refractivity contribution in [1.82, 2.24) is 14.8 Å². The third-order valence-electron chi connectivity index (χ3n) is 6.43. The Morgan fingerprint density at radius 1 is 0.971 bits per heavy atom. The minimum atomic E-state index is -0.465. The second kappa shape index (κ2) is 10.2. The van der Waals surface area contributed by atoms with Crippen molar-refractivity contribution in [3.05, 3.63) is 47.5 Å². The number of aromatic nitrogens is 1. The number of nitrogens with zero attached hydrogens (tertiary/aromatic N) is 2. The summed E-state index contributed by atoms with van der Waals surface area (Å²) in [7, 11) is 3.31. The quantitative estimate of drug-likeness (QED) is 0.508. The smallest absolute Gasteiger partial charge is 0.410 e. The summed E-state index contributed by atoms with van der Waals surface area (Å²) in [6.45, 7) is 11.8. The Hall–Kier alpha value is -3.19. The largest absolute Gasteiger partial charge is 0.493 e. The molecule has 0 unspecified atom stereocenters. The van der Waals surface area contributed by atoms with E-state index in [1.54, 1.807) is 14.2 Å². The van der Waals surface area contributed by atoms with Crippen molar-refractivity contribution in [3.63, 3.8) is 0 Å². The zero-order valence-corrected chi connectivity index (χ0v) is 21.7. The van der Waals surface area contributed by atoms with Crippen LogP contribution in [0.25, 0.3) is 22.2 Å². The molecule has 0 saturated carbocycles. The highest BCUT2D eigenvalue weighted by atomic mass is 16.6. The Balaban J connectivity index is 1.50. The van der Waals surface area contributed by atoms with Crippen LogP contribution in [0.1, 0.15) is 38.8 Å². The number of nitrogens with one attached hydrogen (secondary N) is 1. The molecule has 35 heavy (non-hydrogen) atoms. The molecule has 1 aromatic heterocycles. The molecule has 0 spiro atoms. The lowest BCUT2D eigenvalue weighted by atomic mass is 10.0. The summed E-state index contributed by atoms with van der Waals surface area (Å²) < 4.78 is 16.4. The SMILES string of the molecule is CCc1c(-c2ccc(OC)c(OC)c2)[nH]c2ccc(CN3CCN(C(=O)OC(C)(C)C)CC3)cc12. The van der Waals surface area contributed by atoms with E-state index in [-0.39, 0.29) is 6.09 Å². The number of piperazine rings is 1. The molecule has 3 aromatic rings. The van der Waals surface area contributed by atoms with E-state index in [2.05, 4.69) is 41.1 Å². The zero-order chi connectivity index (χ0) is 25.2. The highest BCUT2D eigenvalue weighted by Crippen LogP contribution is 2.36. The minimum absolute atomic E-state index is 0.221. The van der Waals surface area contributed by atoms with Crippen LogP contribution in [0.2, 0.25) is 0 Å². The van der Waals surface area contributed by atoms with Gasteiger partial charge >= 0.3 is 6.09 Å². The predicted molar refractivity (Wildman–Crippen MR) is 139 cm³/mol. The average Bonchev–Trinajstić information content (AvgIpc) is 3.20.